The highest BCUT2D eigenvalue weighted by molar-refractivity contribution is 5.95. The van der Waals surface area contributed by atoms with Crippen molar-refractivity contribution in [3.8, 4) is 11.3 Å². The number of carbonyl (C=O) groups is 1. The predicted molar refractivity (Wildman–Crippen MR) is 94.1 cm³/mol. The first-order chi connectivity index (χ1) is 14.7. The van der Waals surface area contributed by atoms with Gasteiger partial charge in [0.2, 0.25) is 0 Å². The average molecular weight is 451 g/mol. The second kappa shape index (κ2) is 10.1. The highest BCUT2D eigenvalue weighted by atomic mass is 35.7. The van der Waals surface area contributed by atoms with Crippen molar-refractivity contribution in [1.82, 2.24) is 5.16 Å². The van der Waals surface area contributed by atoms with E-state index in [1.807, 2.05) is 35.2 Å². The number of rotatable bonds is 7. The summed E-state index contributed by atoms with van der Waals surface area (Å²) in [6.45, 7) is 0.749. The van der Waals surface area contributed by atoms with E-state index < -0.39 is 10.2 Å². The Balaban J connectivity index is 0.000000491. The van der Waals surface area contributed by atoms with E-state index in [1.165, 1.54) is 37.1 Å². The molecule has 0 spiro atoms. The number of carbonyl (C=O) groups excluding carboxylic acids is 1. The lowest BCUT2D eigenvalue weighted by Crippen LogP contribution is -2.68. The minimum atomic E-state index is -4.94. The van der Waals surface area contributed by atoms with Crippen LogP contribution in [0.15, 0.2) is 59.4 Å². The maximum atomic E-state index is 12.9. The smallest absolute Gasteiger partial charge is 0.169 e. The molecule has 0 N–H and O–H groups in total. The number of hydrogen-bond acceptors (Lipinski definition) is 7. The minimum absolute atomic E-state index is 0.0393. The van der Waals surface area contributed by atoms with E-state index in [0.717, 1.165) is 30.0 Å². The van der Waals surface area contributed by atoms with Gasteiger partial charge in [-0.15, -0.1) is 10.2 Å². The number of Topliss-reactive ketones (excluding diaryl/α,β-unsaturated/α-hetero) is 1. The zero-order valence-electron chi connectivity index (χ0n) is 16.4. The van der Waals surface area contributed by atoms with Crippen LogP contribution in [0.4, 0.5) is 4.39 Å². The zero-order chi connectivity index (χ0) is 22.4. The molecule has 4 rings (SSSR count). The average Bonchev–Trinajstić information content (AvgIpc) is 3.45. The van der Waals surface area contributed by atoms with Gasteiger partial charge in [-0.05, 0) is 37.1 Å². The van der Waals surface area contributed by atoms with Crippen molar-refractivity contribution in [3.05, 3.63) is 72.0 Å². The van der Waals surface area contributed by atoms with E-state index in [4.69, 9.17) is 23.2 Å². The molecule has 164 valence electrons. The van der Waals surface area contributed by atoms with Crippen molar-refractivity contribution >= 4 is 5.78 Å². The summed E-state index contributed by atoms with van der Waals surface area (Å²) in [6.07, 6.45) is 7.54. The third-order valence-corrected chi connectivity index (χ3v) is 4.68. The molecule has 0 aliphatic heterocycles. The molecule has 1 aliphatic rings. The summed E-state index contributed by atoms with van der Waals surface area (Å²) in [5.74, 6) is 1.26. The first kappa shape index (κ1) is 23.0. The predicted octanol–water partition coefficient (Wildman–Crippen LogP) is -0.447. The number of benzene rings is 1. The van der Waals surface area contributed by atoms with Crippen LogP contribution in [0.1, 0.15) is 47.7 Å². The van der Waals surface area contributed by atoms with Crippen LogP contribution in [-0.4, -0.2) is 10.9 Å². The molecular weight excluding hydrogens is 431 g/mol. The van der Waals surface area contributed by atoms with Crippen molar-refractivity contribution < 1.29 is 47.2 Å². The number of aryl methyl sites for hydroxylation is 1. The van der Waals surface area contributed by atoms with E-state index >= 15 is 0 Å². The molecule has 1 saturated carbocycles. The van der Waals surface area contributed by atoms with Gasteiger partial charge in [-0.25, -0.2) is 27.6 Å². The minimum Gasteiger partial charge on any atom is -0.360 e. The van der Waals surface area contributed by atoms with Crippen LogP contribution in [-0.2, 0) is 6.54 Å². The molecule has 2 aromatic heterocycles. The van der Waals surface area contributed by atoms with E-state index in [0.29, 0.717) is 17.9 Å². The van der Waals surface area contributed by atoms with Gasteiger partial charge < -0.3 is 4.52 Å². The van der Waals surface area contributed by atoms with Gasteiger partial charge in [0, 0.05) is 48.1 Å². The third-order valence-electron chi connectivity index (χ3n) is 4.68. The number of nitrogens with zero attached hydrogens (tertiary/aromatic N) is 2. The largest absolute Gasteiger partial charge is 0.360 e. The Kier molecular flexibility index (Phi) is 7.47. The van der Waals surface area contributed by atoms with Crippen molar-refractivity contribution in [2.45, 2.75) is 38.1 Å². The van der Waals surface area contributed by atoms with E-state index in [9.17, 15) is 9.18 Å². The summed E-state index contributed by atoms with van der Waals surface area (Å²) >= 11 is 0. The molecule has 1 fully saturated rings. The van der Waals surface area contributed by atoms with Gasteiger partial charge in [-0.3, -0.25) is 4.79 Å². The number of pyridine rings is 1. The molecule has 0 radical (unpaired) electrons. The second-order valence-electron chi connectivity index (χ2n) is 7.13. The van der Waals surface area contributed by atoms with Crippen LogP contribution in [0, 0.1) is 16.1 Å². The fraction of sp³-hybridized carbons (Fsp3) is 0.286. The molecule has 10 heteroatoms. The molecule has 1 aromatic carbocycles. The maximum absolute atomic E-state index is 12.9. The van der Waals surface area contributed by atoms with Crippen LogP contribution in [0.2, 0.25) is 0 Å². The molecule has 31 heavy (non-hydrogen) atoms. The summed E-state index contributed by atoms with van der Waals surface area (Å²) in [4.78, 5) is 12.1. The highest BCUT2D eigenvalue weighted by Gasteiger charge is 2.28. The lowest BCUT2D eigenvalue weighted by atomic mass is 10.1. The van der Waals surface area contributed by atoms with Crippen LogP contribution in [0.5, 0.6) is 0 Å². The Labute approximate surface area is 179 Å². The standard InChI is InChI=1S/C21H20FN2O2.ClHO4/c22-18-7-5-16(6-8-18)20(25)2-1-11-24-12-9-15(10-13-24)19-14-21(26-23-19)17-3-4-17;2-1(3,4)5/h5-10,12-14,17H,1-4,11H2;(H,2,3,4,5)/q+1;/p-1. The van der Waals surface area contributed by atoms with Gasteiger partial charge >= 0.3 is 0 Å². The highest BCUT2D eigenvalue weighted by Crippen LogP contribution is 2.41. The fourth-order valence-corrected chi connectivity index (χ4v) is 2.97. The molecule has 2 heterocycles. The Bertz CT molecular complexity index is 992. The molecule has 0 bridgehead atoms. The topological polar surface area (TPSA) is 139 Å². The third kappa shape index (κ3) is 7.82. The lowest BCUT2D eigenvalue weighted by molar-refractivity contribution is -2.00. The van der Waals surface area contributed by atoms with E-state index in [-0.39, 0.29) is 11.6 Å². The van der Waals surface area contributed by atoms with E-state index in [2.05, 4.69) is 5.16 Å². The van der Waals surface area contributed by atoms with Crippen LogP contribution >= 0.6 is 0 Å². The molecule has 8 nitrogen and oxygen atoms in total. The van der Waals surface area contributed by atoms with Gasteiger partial charge in [0.25, 0.3) is 0 Å². The molecule has 1 aliphatic carbocycles. The Morgan fingerprint density at radius 1 is 1.10 bits per heavy atom. The lowest BCUT2D eigenvalue weighted by Gasteiger charge is -2.17. The van der Waals surface area contributed by atoms with Crippen LogP contribution < -0.4 is 23.2 Å². The van der Waals surface area contributed by atoms with Gasteiger partial charge in [0.1, 0.15) is 23.8 Å². The summed E-state index contributed by atoms with van der Waals surface area (Å²) < 4.78 is 54.3. The molecule has 0 saturated heterocycles. The van der Waals surface area contributed by atoms with Crippen LogP contribution in [0.25, 0.3) is 11.3 Å². The molecule has 0 amide bonds. The molecule has 0 unspecified atom stereocenters. The summed E-state index contributed by atoms with van der Waals surface area (Å²) in [5, 5.41) is 4.15. The quantitative estimate of drug-likeness (QED) is 0.351. The Morgan fingerprint density at radius 2 is 1.71 bits per heavy atom. The van der Waals surface area contributed by atoms with Crippen molar-refractivity contribution in [3.63, 3.8) is 0 Å². The first-order valence-corrected chi connectivity index (χ1v) is 10.8. The number of ketones is 1. The van der Waals surface area contributed by atoms with Crippen LogP contribution in [0.3, 0.4) is 0 Å². The second-order valence-corrected chi connectivity index (χ2v) is 7.88. The van der Waals surface area contributed by atoms with Crippen molar-refractivity contribution in [1.29, 1.82) is 0 Å². The Hall–Kier alpha value is -2.69. The monoisotopic (exact) mass is 450 g/mol. The maximum Gasteiger partial charge on any atom is 0.169 e. The number of halogens is 2. The summed E-state index contributed by atoms with van der Waals surface area (Å²) in [7, 11) is -4.94. The molecular formula is C21H20ClFN2O6. The fourth-order valence-electron chi connectivity index (χ4n) is 2.97. The van der Waals surface area contributed by atoms with Gasteiger partial charge in [0.05, 0.1) is 0 Å². The van der Waals surface area contributed by atoms with Crippen molar-refractivity contribution in [2.24, 2.45) is 0 Å². The number of aromatic nitrogens is 2. The number of hydrogen-bond donors (Lipinski definition) is 0. The molecule has 0 atom stereocenters. The normalized spacial score (nSPS) is 13.5. The SMILES string of the molecule is O=C(CCC[n+]1ccc(-c2cc(C3CC3)on2)cc1)c1ccc(F)cc1.[O-][Cl+3]([O-])([O-])[O-]. The Morgan fingerprint density at radius 3 is 2.29 bits per heavy atom. The zero-order valence-corrected chi connectivity index (χ0v) is 17.2. The molecule has 3 aromatic rings. The summed E-state index contributed by atoms with van der Waals surface area (Å²) in [6, 6.07) is 11.8. The van der Waals surface area contributed by atoms with Gasteiger partial charge in [-0.1, -0.05) is 5.16 Å². The first-order valence-electron chi connectivity index (χ1n) is 9.55. The summed E-state index contributed by atoms with van der Waals surface area (Å²) in [5.41, 5.74) is 2.45. The van der Waals surface area contributed by atoms with Gasteiger partial charge in [-0.2, -0.15) is 0 Å². The van der Waals surface area contributed by atoms with E-state index in [1.54, 1.807) is 0 Å². The van der Waals surface area contributed by atoms with Gasteiger partial charge in [0.15, 0.2) is 18.2 Å². The van der Waals surface area contributed by atoms with Crippen molar-refractivity contribution in [2.75, 3.05) is 0 Å².